The monoisotopic (exact) mass is 398 g/mol. The van der Waals surface area contributed by atoms with Gasteiger partial charge in [0.05, 0.1) is 16.2 Å². The molecule has 144 valence electrons. The third kappa shape index (κ3) is 3.48. The summed E-state index contributed by atoms with van der Waals surface area (Å²) in [6, 6.07) is 10.7. The molecule has 2 amide bonds. The van der Waals surface area contributed by atoms with Gasteiger partial charge in [-0.2, -0.15) is 0 Å². The number of rotatable bonds is 4. The lowest BCUT2D eigenvalue weighted by Crippen LogP contribution is -2.50. The number of hydrogen-bond acceptors (Lipinski definition) is 5. The zero-order valence-corrected chi connectivity index (χ0v) is 15.8. The number of H-pyrrole nitrogens is 1. The first-order valence-corrected chi connectivity index (χ1v) is 9.71. The quantitative estimate of drug-likeness (QED) is 0.539. The highest BCUT2D eigenvalue weighted by atomic mass is 32.1. The Morgan fingerprint density at radius 2 is 1.79 bits per heavy atom. The van der Waals surface area contributed by atoms with Crippen molar-refractivity contribution in [3.05, 3.63) is 63.1 Å². The number of nitro groups is 1. The van der Waals surface area contributed by atoms with E-state index in [1.54, 1.807) is 9.80 Å². The number of nitrogens with zero attached hydrogens (tertiary/aromatic N) is 3. The van der Waals surface area contributed by atoms with Crippen LogP contribution in [0.15, 0.2) is 42.6 Å². The molecule has 9 heteroatoms. The molecule has 0 saturated carbocycles. The molecular formula is C19H18N4O4S. The summed E-state index contributed by atoms with van der Waals surface area (Å²) in [5.41, 5.74) is 1.97. The topological polar surface area (TPSA) is 99.6 Å². The molecule has 0 atom stereocenters. The van der Waals surface area contributed by atoms with Crippen LogP contribution in [0.4, 0.5) is 5.00 Å². The van der Waals surface area contributed by atoms with Gasteiger partial charge in [-0.3, -0.25) is 19.7 Å². The predicted octanol–water partition coefficient (Wildman–Crippen LogP) is 2.66. The van der Waals surface area contributed by atoms with Crippen LogP contribution in [0.2, 0.25) is 0 Å². The van der Waals surface area contributed by atoms with Gasteiger partial charge in [0, 0.05) is 49.3 Å². The number of carbonyl (C=O) groups excluding carboxylic acids is 2. The van der Waals surface area contributed by atoms with Crippen molar-refractivity contribution < 1.29 is 14.5 Å². The third-order valence-electron chi connectivity index (χ3n) is 4.92. The molecule has 1 fully saturated rings. The predicted molar refractivity (Wildman–Crippen MR) is 105 cm³/mol. The minimum absolute atomic E-state index is 0.0311. The summed E-state index contributed by atoms with van der Waals surface area (Å²) in [5.74, 6) is -0.189. The van der Waals surface area contributed by atoms with Crippen LogP contribution in [0.3, 0.4) is 0 Å². The summed E-state index contributed by atoms with van der Waals surface area (Å²) in [7, 11) is 0. The van der Waals surface area contributed by atoms with Crippen molar-refractivity contribution >= 4 is 39.1 Å². The van der Waals surface area contributed by atoms with Crippen LogP contribution >= 0.6 is 11.3 Å². The minimum Gasteiger partial charge on any atom is -0.361 e. The van der Waals surface area contributed by atoms with Gasteiger partial charge in [-0.15, -0.1) is 0 Å². The van der Waals surface area contributed by atoms with Gasteiger partial charge in [-0.05, 0) is 17.7 Å². The van der Waals surface area contributed by atoms with Crippen LogP contribution in [-0.4, -0.2) is 57.7 Å². The molecule has 3 aromatic rings. The molecule has 0 unspecified atom stereocenters. The summed E-state index contributed by atoms with van der Waals surface area (Å²) < 4.78 is 0. The standard InChI is InChI=1S/C19H18N4O4S/c24-17(11-13-12-20-15-4-2-1-3-14(13)15)21-7-9-22(10-8-21)19(25)16-5-6-18(28-16)23(26)27/h1-6,12,20H,7-11H2. The zero-order valence-electron chi connectivity index (χ0n) is 15.0. The van der Waals surface area contributed by atoms with Gasteiger partial charge in [-0.25, -0.2) is 0 Å². The normalized spacial score (nSPS) is 14.4. The fourth-order valence-electron chi connectivity index (χ4n) is 3.41. The van der Waals surface area contributed by atoms with Crippen molar-refractivity contribution in [3.8, 4) is 0 Å². The maximum Gasteiger partial charge on any atom is 0.324 e. The van der Waals surface area contributed by atoms with E-state index in [9.17, 15) is 19.7 Å². The Morgan fingerprint density at radius 1 is 1.07 bits per heavy atom. The van der Waals surface area contributed by atoms with Crippen molar-refractivity contribution in [2.24, 2.45) is 0 Å². The van der Waals surface area contributed by atoms with Crippen molar-refractivity contribution in [2.45, 2.75) is 6.42 Å². The lowest BCUT2D eigenvalue weighted by atomic mass is 10.1. The molecule has 0 aliphatic carbocycles. The van der Waals surface area contributed by atoms with E-state index in [0.29, 0.717) is 37.5 Å². The molecule has 1 aliphatic rings. The van der Waals surface area contributed by atoms with Gasteiger partial charge < -0.3 is 14.8 Å². The molecular weight excluding hydrogens is 380 g/mol. The Kier molecular flexibility index (Phi) is 4.82. The van der Waals surface area contributed by atoms with Crippen LogP contribution in [-0.2, 0) is 11.2 Å². The molecule has 3 heterocycles. The number of aromatic amines is 1. The number of piperazine rings is 1. The van der Waals surface area contributed by atoms with Crippen LogP contribution in [0, 0.1) is 10.1 Å². The Labute approximate surface area is 164 Å². The highest BCUT2D eigenvalue weighted by Gasteiger charge is 2.27. The average molecular weight is 398 g/mol. The van der Waals surface area contributed by atoms with Crippen LogP contribution in [0.5, 0.6) is 0 Å². The van der Waals surface area contributed by atoms with Gasteiger partial charge in [0.25, 0.3) is 5.91 Å². The van der Waals surface area contributed by atoms with E-state index in [0.717, 1.165) is 27.8 Å². The molecule has 2 aromatic heterocycles. The van der Waals surface area contributed by atoms with Gasteiger partial charge in [0.2, 0.25) is 5.91 Å². The molecule has 1 aromatic carbocycles. The lowest BCUT2D eigenvalue weighted by Gasteiger charge is -2.34. The maximum absolute atomic E-state index is 12.7. The Bertz CT molecular complexity index is 1050. The Morgan fingerprint density at radius 3 is 2.50 bits per heavy atom. The SMILES string of the molecule is O=C(Cc1c[nH]c2ccccc12)N1CCN(C(=O)c2ccc([N+](=O)[O-])s2)CC1. The summed E-state index contributed by atoms with van der Waals surface area (Å²) >= 11 is 0.879. The summed E-state index contributed by atoms with van der Waals surface area (Å²) in [5, 5.41) is 11.8. The average Bonchev–Trinajstić information content (AvgIpc) is 3.36. The number of fused-ring (bicyclic) bond motifs is 1. The largest absolute Gasteiger partial charge is 0.361 e. The number of aromatic nitrogens is 1. The number of amides is 2. The fraction of sp³-hybridized carbons (Fsp3) is 0.263. The number of para-hydroxylation sites is 1. The highest BCUT2D eigenvalue weighted by Crippen LogP contribution is 2.25. The van der Waals surface area contributed by atoms with Gasteiger partial charge in [0.15, 0.2) is 0 Å². The first kappa shape index (κ1) is 18.2. The smallest absolute Gasteiger partial charge is 0.324 e. The molecule has 1 N–H and O–H groups in total. The number of carbonyl (C=O) groups is 2. The fourth-order valence-corrected chi connectivity index (χ4v) is 4.20. The maximum atomic E-state index is 12.7. The van der Waals surface area contributed by atoms with E-state index in [-0.39, 0.29) is 16.8 Å². The Hall–Kier alpha value is -3.20. The van der Waals surface area contributed by atoms with Gasteiger partial charge >= 0.3 is 5.00 Å². The van der Waals surface area contributed by atoms with Crippen LogP contribution < -0.4 is 0 Å². The van der Waals surface area contributed by atoms with E-state index in [1.165, 1.54) is 12.1 Å². The molecule has 0 spiro atoms. The third-order valence-corrected chi connectivity index (χ3v) is 5.94. The Balaban J connectivity index is 1.36. The molecule has 1 saturated heterocycles. The molecule has 4 rings (SSSR count). The molecule has 28 heavy (non-hydrogen) atoms. The first-order chi connectivity index (χ1) is 13.5. The van der Waals surface area contributed by atoms with Crippen molar-refractivity contribution in [1.82, 2.24) is 14.8 Å². The van der Waals surface area contributed by atoms with E-state index < -0.39 is 4.92 Å². The van der Waals surface area contributed by atoms with E-state index >= 15 is 0 Å². The van der Waals surface area contributed by atoms with Gasteiger partial charge in [-0.1, -0.05) is 29.5 Å². The first-order valence-electron chi connectivity index (χ1n) is 8.89. The minimum atomic E-state index is -0.497. The number of thiophene rings is 1. The second-order valence-corrected chi connectivity index (χ2v) is 7.67. The lowest BCUT2D eigenvalue weighted by molar-refractivity contribution is -0.380. The second kappa shape index (κ2) is 7.43. The van der Waals surface area contributed by atoms with Crippen LogP contribution in [0.25, 0.3) is 10.9 Å². The number of nitrogens with one attached hydrogen (secondary N) is 1. The van der Waals surface area contributed by atoms with E-state index in [4.69, 9.17) is 0 Å². The van der Waals surface area contributed by atoms with Crippen molar-refractivity contribution in [3.63, 3.8) is 0 Å². The van der Waals surface area contributed by atoms with E-state index in [2.05, 4.69) is 4.98 Å². The molecule has 0 bridgehead atoms. The highest BCUT2D eigenvalue weighted by molar-refractivity contribution is 7.17. The molecule has 8 nitrogen and oxygen atoms in total. The van der Waals surface area contributed by atoms with Crippen LogP contribution in [0.1, 0.15) is 15.2 Å². The summed E-state index contributed by atoms with van der Waals surface area (Å²) in [4.78, 5) is 42.4. The summed E-state index contributed by atoms with van der Waals surface area (Å²) in [6.07, 6.45) is 2.18. The number of benzene rings is 1. The number of hydrogen-bond donors (Lipinski definition) is 1. The van der Waals surface area contributed by atoms with E-state index in [1.807, 2.05) is 30.5 Å². The molecule has 1 aliphatic heterocycles. The van der Waals surface area contributed by atoms with Gasteiger partial charge in [0.1, 0.15) is 0 Å². The summed E-state index contributed by atoms with van der Waals surface area (Å²) in [6.45, 7) is 1.76. The molecule has 0 radical (unpaired) electrons. The zero-order chi connectivity index (χ0) is 19.7. The van der Waals surface area contributed by atoms with Crippen molar-refractivity contribution in [1.29, 1.82) is 0 Å². The second-order valence-electron chi connectivity index (χ2n) is 6.60. The van der Waals surface area contributed by atoms with Crippen molar-refractivity contribution in [2.75, 3.05) is 26.2 Å².